The normalized spacial score (nSPS) is 15.7. The van der Waals surface area contributed by atoms with Crippen LogP contribution in [0.25, 0.3) is 0 Å². The highest BCUT2D eigenvalue weighted by molar-refractivity contribution is 5.89. The van der Waals surface area contributed by atoms with E-state index in [1.54, 1.807) is 0 Å². The predicted molar refractivity (Wildman–Crippen MR) is 78.8 cm³/mol. The first kappa shape index (κ1) is 16.5. The molecule has 5 heteroatoms. The van der Waals surface area contributed by atoms with Crippen molar-refractivity contribution in [2.24, 2.45) is 0 Å². The van der Waals surface area contributed by atoms with Crippen molar-refractivity contribution in [1.29, 1.82) is 0 Å². The molecular formula is C16H17NO4. The molecule has 0 fully saturated rings. The van der Waals surface area contributed by atoms with Crippen LogP contribution in [0.15, 0.2) is 36.4 Å². The zero-order chi connectivity index (χ0) is 15.7. The standard InChI is InChI=1S/C12H13N.C4H4O4/c1-2-9-13-12-8-7-10-5-3-4-6-11(10)12;5-3(6)1-2-4(7)8/h1,3-6,12-13H,7-9H2;1-2H,(H,5,6)(H,7,8)/b;2-1-/t12-;/m0./s1. The summed E-state index contributed by atoms with van der Waals surface area (Å²) < 4.78 is 0. The number of aryl methyl sites for hydroxylation is 1. The average Bonchev–Trinajstić information content (AvgIpc) is 2.87. The Hall–Kier alpha value is -2.58. The number of aliphatic carboxylic acids is 2. The summed E-state index contributed by atoms with van der Waals surface area (Å²) in [5, 5.41) is 19.0. The van der Waals surface area contributed by atoms with Gasteiger partial charge in [-0.2, -0.15) is 0 Å². The Morgan fingerprint density at radius 3 is 2.48 bits per heavy atom. The molecule has 21 heavy (non-hydrogen) atoms. The van der Waals surface area contributed by atoms with Gasteiger partial charge in [0.15, 0.2) is 0 Å². The number of carbonyl (C=O) groups is 2. The summed E-state index contributed by atoms with van der Waals surface area (Å²) in [4.78, 5) is 19.1. The number of fused-ring (bicyclic) bond motifs is 1. The fourth-order valence-corrected chi connectivity index (χ4v) is 2.09. The van der Waals surface area contributed by atoms with Gasteiger partial charge in [-0.25, -0.2) is 9.59 Å². The van der Waals surface area contributed by atoms with Gasteiger partial charge in [0.05, 0.1) is 6.54 Å². The Morgan fingerprint density at radius 2 is 1.90 bits per heavy atom. The maximum absolute atomic E-state index is 9.55. The van der Waals surface area contributed by atoms with E-state index in [0.717, 1.165) is 0 Å². The number of carboxylic acid groups (broad SMARTS) is 2. The third-order valence-electron chi connectivity index (χ3n) is 2.95. The maximum Gasteiger partial charge on any atom is 0.328 e. The molecule has 0 radical (unpaired) electrons. The Morgan fingerprint density at radius 1 is 1.29 bits per heavy atom. The molecule has 0 aromatic heterocycles. The first-order valence-electron chi connectivity index (χ1n) is 6.43. The largest absolute Gasteiger partial charge is 0.478 e. The summed E-state index contributed by atoms with van der Waals surface area (Å²) in [5.41, 5.74) is 2.90. The minimum atomic E-state index is -1.26. The molecule has 0 heterocycles. The zero-order valence-electron chi connectivity index (χ0n) is 11.5. The molecule has 1 aromatic rings. The van der Waals surface area contributed by atoms with Gasteiger partial charge >= 0.3 is 11.9 Å². The third kappa shape index (κ3) is 5.93. The molecule has 3 N–H and O–H groups in total. The van der Waals surface area contributed by atoms with Crippen molar-refractivity contribution in [3.8, 4) is 12.3 Å². The molecule has 1 aliphatic rings. The highest BCUT2D eigenvalue weighted by Crippen LogP contribution is 2.30. The number of nitrogens with one attached hydrogen (secondary N) is 1. The lowest BCUT2D eigenvalue weighted by atomic mass is 10.1. The first-order valence-corrected chi connectivity index (χ1v) is 6.43. The van der Waals surface area contributed by atoms with E-state index in [1.165, 1.54) is 24.0 Å². The fraction of sp³-hybridized carbons (Fsp3) is 0.250. The second-order valence-electron chi connectivity index (χ2n) is 4.38. The van der Waals surface area contributed by atoms with E-state index in [2.05, 4.69) is 35.5 Å². The number of hydrogen-bond acceptors (Lipinski definition) is 3. The highest BCUT2D eigenvalue weighted by Gasteiger charge is 2.20. The summed E-state index contributed by atoms with van der Waals surface area (Å²) in [5.74, 6) is 0.100. The van der Waals surface area contributed by atoms with Gasteiger partial charge < -0.3 is 10.2 Å². The van der Waals surface area contributed by atoms with E-state index in [0.29, 0.717) is 24.7 Å². The molecule has 1 aromatic carbocycles. The van der Waals surface area contributed by atoms with Crippen LogP contribution in [0, 0.1) is 12.3 Å². The Balaban J connectivity index is 0.000000240. The van der Waals surface area contributed by atoms with Crippen LogP contribution in [-0.4, -0.2) is 28.7 Å². The lowest BCUT2D eigenvalue weighted by Crippen LogP contribution is -2.19. The van der Waals surface area contributed by atoms with Gasteiger partial charge in [0.1, 0.15) is 0 Å². The number of benzene rings is 1. The lowest BCUT2D eigenvalue weighted by Gasteiger charge is -2.10. The van der Waals surface area contributed by atoms with E-state index in [-0.39, 0.29) is 0 Å². The van der Waals surface area contributed by atoms with Crippen LogP contribution in [0.5, 0.6) is 0 Å². The Kier molecular flexibility index (Phi) is 6.72. The van der Waals surface area contributed by atoms with Gasteiger partial charge in [0.25, 0.3) is 0 Å². The van der Waals surface area contributed by atoms with Gasteiger partial charge in [0.2, 0.25) is 0 Å². The van der Waals surface area contributed by atoms with Gasteiger partial charge in [0, 0.05) is 18.2 Å². The molecule has 1 atom stereocenters. The second kappa shape index (κ2) is 8.56. The molecular weight excluding hydrogens is 270 g/mol. The molecule has 0 saturated carbocycles. The van der Waals surface area contributed by atoms with Crippen LogP contribution in [0.3, 0.4) is 0 Å². The molecule has 0 aliphatic heterocycles. The summed E-state index contributed by atoms with van der Waals surface area (Å²) in [6, 6.07) is 9.06. The summed E-state index contributed by atoms with van der Waals surface area (Å²) in [6.45, 7) is 0.666. The van der Waals surface area contributed by atoms with E-state index >= 15 is 0 Å². The predicted octanol–water partition coefficient (Wildman–Crippen LogP) is 1.61. The van der Waals surface area contributed by atoms with Crippen LogP contribution >= 0.6 is 0 Å². The quantitative estimate of drug-likeness (QED) is 0.578. The molecule has 5 nitrogen and oxygen atoms in total. The molecule has 1 aliphatic carbocycles. The SMILES string of the molecule is C#CCN[C@H]1CCc2ccccc21.O=C(O)/C=C\C(=O)O. The monoisotopic (exact) mass is 287 g/mol. The van der Waals surface area contributed by atoms with Crippen molar-refractivity contribution >= 4 is 11.9 Å². The van der Waals surface area contributed by atoms with Gasteiger partial charge in [-0.3, -0.25) is 5.32 Å². The topological polar surface area (TPSA) is 86.6 Å². The number of terminal acetylenes is 1. The summed E-state index contributed by atoms with van der Waals surface area (Å²) in [7, 11) is 0. The minimum absolute atomic E-state index is 0.479. The van der Waals surface area contributed by atoms with Crippen molar-refractivity contribution in [3.05, 3.63) is 47.5 Å². The maximum atomic E-state index is 9.55. The minimum Gasteiger partial charge on any atom is -0.478 e. The van der Waals surface area contributed by atoms with Gasteiger partial charge in [-0.05, 0) is 24.0 Å². The molecule has 0 saturated heterocycles. The zero-order valence-corrected chi connectivity index (χ0v) is 11.5. The van der Waals surface area contributed by atoms with E-state index in [4.69, 9.17) is 16.6 Å². The third-order valence-corrected chi connectivity index (χ3v) is 2.95. The number of carboxylic acids is 2. The van der Waals surface area contributed by atoms with E-state index < -0.39 is 11.9 Å². The van der Waals surface area contributed by atoms with E-state index in [1.807, 2.05) is 0 Å². The summed E-state index contributed by atoms with van der Waals surface area (Å²) in [6.07, 6.45) is 8.69. The molecule has 0 amide bonds. The van der Waals surface area contributed by atoms with Crippen molar-refractivity contribution in [3.63, 3.8) is 0 Å². The molecule has 0 bridgehead atoms. The summed E-state index contributed by atoms with van der Waals surface area (Å²) >= 11 is 0. The first-order chi connectivity index (χ1) is 10.0. The average molecular weight is 287 g/mol. The van der Waals surface area contributed by atoms with Crippen LogP contribution in [-0.2, 0) is 16.0 Å². The van der Waals surface area contributed by atoms with Gasteiger partial charge in [-0.15, -0.1) is 6.42 Å². The fourth-order valence-electron chi connectivity index (χ4n) is 2.09. The van der Waals surface area contributed by atoms with Crippen molar-refractivity contribution < 1.29 is 19.8 Å². The smallest absolute Gasteiger partial charge is 0.328 e. The number of hydrogen-bond donors (Lipinski definition) is 3. The number of rotatable bonds is 4. The molecule has 0 unspecified atom stereocenters. The molecule has 110 valence electrons. The van der Waals surface area contributed by atoms with Gasteiger partial charge in [-0.1, -0.05) is 30.2 Å². The van der Waals surface area contributed by atoms with Crippen molar-refractivity contribution in [2.75, 3.05) is 6.54 Å². The Bertz CT molecular complexity index is 556. The lowest BCUT2D eigenvalue weighted by molar-refractivity contribution is -0.134. The van der Waals surface area contributed by atoms with Crippen LogP contribution in [0.4, 0.5) is 0 Å². The van der Waals surface area contributed by atoms with Crippen LogP contribution in [0.2, 0.25) is 0 Å². The van der Waals surface area contributed by atoms with E-state index in [9.17, 15) is 9.59 Å². The van der Waals surface area contributed by atoms with Crippen molar-refractivity contribution in [1.82, 2.24) is 5.32 Å². The van der Waals surface area contributed by atoms with Crippen LogP contribution < -0.4 is 5.32 Å². The van der Waals surface area contributed by atoms with Crippen molar-refractivity contribution in [2.45, 2.75) is 18.9 Å². The molecule has 0 spiro atoms. The Labute approximate surface area is 123 Å². The highest BCUT2D eigenvalue weighted by atomic mass is 16.4. The second-order valence-corrected chi connectivity index (χ2v) is 4.38. The van der Waals surface area contributed by atoms with Crippen LogP contribution in [0.1, 0.15) is 23.6 Å². The molecule has 2 rings (SSSR count).